The van der Waals surface area contributed by atoms with Crippen LogP contribution in [0.3, 0.4) is 0 Å². The van der Waals surface area contributed by atoms with E-state index in [1.807, 2.05) is 36.7 Å². The summed E-state index contributed by atoms with van der Waals surface area (Å²) in [6.45, 7) is 6.68. The fraction of sp³-hybridized carbons (Fsp3) is 0.190. The molecule has 1 radical (unpaired) electrons. The summed E-state index contributed by atoms with van der Waals surface area (Å²) in [7, 11) is 0. The summed E-state index contributed by atoms with van der Waals surface area (Å²) in [6.07, 6.45) is 5.11. The van der Waals surface area contributed by atoms with Crippen LogP contribution in [-0.4, -0.2) is 23.2 Å². The summed E-state index contributed by atoms with van der Waals surface area (Å²) in [5.74, 6) is 7.77. The quantitative estimate of drug-likeness (QED) is 0.0981. The molecule has 0 fully saturated rings. The smallest absolute Gasteiger partial charge is 0 e. The van der Waals surface area contributed by atoms with E-state index in [2.05, 4.69) is 134 Å². The number of aromatic nitrogens is 2. The fourth-order valence-electron chi connectivity index (χ4n) is 5.91. The van der Waals surface area contributed by atoms with Gasteiger partial charge in [0.05, 0.1) is 0 Å². The van der Waals surface area contributed by atoms with E-state index in [1.165, 1.54) is 47.8 Å². The summed E-state index contributed by atoms with van der Waals surface area (Å²) in [5, 5.41) is 7.67. The van der Waals surface area contributed by atoms with Crippen molar-refractivity contribution in [3.05, 3.63) is 139 Å². The molecule has 0 N–H and O–H groups in total. The number of aryl methyl sites for hydroxylation is 1. The molecule has 4 heteroatoms. The molecule has 2 nitrogen and oxygen atoms in total. The SMILES string of the molecule is Cc1cnc(-c2[c-]cc3c4ccccc4c4ccccc4c3c2)cc1CC(C)C.[CH3][Ge]([CH3])([CH3])[c]1ccc(-c2[c-]cccc2)nc1.[Ir]. The zero-order chi connectivity index (χ0) is 31.6. The van der Waals surface area contributed by atoms with Crippen LogP contribution in [0.1, 0.15) is 25.0 Å². The van der Waals surface area contributed by atoms with Crippen LogP contribution in [0.2, 0.25) is 17.3 Å². The number of hydrogen-bond donors (Lipinski definition) is 0. The van der Waals surface area contributed by atoms with E-state index >= 15 is 0 Å². The Morgan fingerprint density at radius 2 is 1.24 bits per heavy atom. The predicted molar refractivity (Wildman–Crippen MR) is 196 cm³/mol. The Labute approximate surface area is 290 Å². The maximum atomic E-state index is 4.73. The van der Waals surface area contributed by atoms with E-state index in [9.17, 15) is 0 Å². The first-order valence-corrected chi connectivity index (χ1v) is 23.2. The summed E-state index contributed by atoms with van der Waals surface area (Å²) < 4.78 is 1.44. The second-order valence-electron chi connectivity index (χ2n) is 13.3. The standard InChI is InChI=1S/C28H24N.C14H16GeN.Ir/c1-18(2)14-21-16-28(29-17-19(21)3)20-12-13-26-24-10-5-4-8-22(24)23-9-6-7-11-25(23)27(26)15-20;1-15(2,3)13-9-10-14(16-11-13)12-7-5-4-6-8-12;/h4-11,13,15-18H,14H2,1-3H3;4-7,9-11H,1-3H3;/q2*-1;. The summed E-state index contributed by atoms with van der Waals surface area (Å²) in [4.78, 5) is 9.27. The molecule has 0 bridgehead atoms. The van der Waals surface area contributed by atoms with Crippen molar-refractivity contribution in [1.82, 2.24) is 9.97 Å². The second-order valence-corrected chi connectivity index (χ2v) is 24.0. The van der Waals surface area contributed by atoms with E-state index in [0.29, 0.717) is 5.92 Å². The molecule has 7 rings (SSSR count). The first-order valence-electron chi connectivity index (χ1n) is 15.8. The van der Waals surface area contributed by atoms with Crippen molar-refractivity contribution in [3.63, 3.8) is 0 Å². The van der Waals surface area contributed by atoms with Crippen molar-refractivity contribution < 1.29 is 20.1 Å². The van der Waals surface area contributed by atoms with Crippen LogP contribution >= 0.6 is 0 Å². The van der Waals surface area contributed by atoms with Gasteiger partial charge in [-0.05, 0) is 46.7 Å². The number of pyridine rings is 2. The molecule has 0 saturated carbocycles. The van der Waals surface area contributed by atoms with Crippen LogP contribution in [0, 0.1) is 25.0 Å². The Morgan fingerprint density at radius 3 is 1.80 bits per heavy atom. The molecule has 233 valence electrons. The van der Waals surface area contributed by atoms with Gasteiger partial charge in [0, 0.05) is 26.3 Å². The Morgan fingerprint density at radius 1 is 0.630 bits per heavy atom. The van der Waals surface area contributed by atoms with Gasteiger partial charge in [-0.25, -0.2) is 0 Å². The molecular weight excluding hydrogens is 797 g/mol. The monoisotopic (exact) mass is 839 g/mol. The van der Waals surface area contributed by atoms with Crippen molar-refractivity contribution in [3.8, 4) is 22.5 Å². The normalized spacial score (nSPS) is 11.4. The second kappa shape index (κ2) is 14.4. The summed E-state index contributed by atoms with van der Waals surface area (Å²) in [5.41, 5.74) is 6.78. The minimum absolute atomic E-state index is 0. The van der Waals surface area contributed by atoms with Crippen LogP contribution < -0.4 is 4.40 Å². The molecule has 0 unspecified atom stereocenters. The van der Waals surface area contributed by atoms with Crippen LogP contribution in [0.5, 0.6) is 0 Å². The molecule has 0 aliphatic rings. The largest absolute Gasteiger partial charge is 0 e. The molecule has 0 amide bonds. The van der Waals surface area contributed by atoms with E-state index < -0.39 is 13.3 Å². The Hall–Kier alpha value is -3.63. The van der Waals surface area contributed by atoms with Gasteiger partial charge in [-0.1, -0.05) is 90.2 Å². The van der Waals surface area contributed by atoms with Gasteiger partial charge in [0.15, 0.2) is 0 Å². The topological polar surface area (TPSA) is 25.8 Å². The number of nitrogens with zero attached hydrogens (tertiary/aromatic N) is 2. The molecule has 0 aliphatic heterocycles. The van der Waals surface area contributed by atoms with Gasteiger partial charge >= 0.3 is 99.8 Å². The van der Waals surface area contributed by atoms with Gasteiger partial charge in [0.1, 0.15) is 0 Å². The number of rotatable bonds is 5. The maximum absolute atomic E-state index is 4.73. The van der Waals surface area contributed by atoms with E-state index in [-0.39, 0.29) is 20.1 Å². The molecule has 5 aromatic carbocycles. The first-order chi connectivity index (χ1) is 21.7. The van der Waals surface area contributed by atoms with Gasteiger partial charge in [0.25, 0.3) is 0 Å². The summed E-state index contributed by atoms with van der Waals surface area (Å²) in [6, 6.07) is 43.0. The minimum atomic E-state index is -1.72. The van der Waals surface area contributed by atoms with Crippen molar-refractivity contribution in [2.24, 2.45) is 5.92 Å². The molecule has 7 aromatic rings. The molecule has 46 heavy (non-hydrogen) atoms. The van der Waals surface area contributed by atoms with Crippen LogP contribution in [0.15, 0.2) is 116 Å². The third kappa shape index (κ3) is 7.33. The first kappa shape index (κ1) is 33.7. The van der Waals surface area contributed by atoms with E-state index in [4.69, 9.17) is 4.98 Å². The molecule has 0 atom stereocenters. The molecular formula is C42H40GeIrN2-2. The Balaban J connectivity index is 0.000000209. The average Bonchev–Trinajstić information content (AvgIpc) is 3.06. The average molecular weight is 838 g/mol. The third-order valence-electron chi connectivity index (χ3n) is 8.41. The van der Waals surface area contributed by atoms with Crippen LogP contribution in [0.4, 0.5) is 0 Å². The number of fused-ring (bicyclic) bond motifs is 6. The minimum Gasteiger partial charge on any atom is 0 e. The Bertz CT molecular complexity index is 2060. The maximum Gasteiger partial charge on any atom is 0 e. The number of hydrogen-bond acceptors (Lipinski definition) is 2. The third-order valence-corrected chi connectivity index (χ3v) is 12.7. The van der Waals surface area contributed by atoms with E-state index in [0.717, 1.165) is 28.9 Å². The van der Waals surface area contributed by atoms with Crippen molar-refractivity contribution in [2.75, 3.05) is 0 Å². The van der Waals surface area contributed by atoms with Crippen molar-refractivity contribution in [1.29, 1.82) is 0 Å². The van der Waals surface area contributed by atoms with Gasteiger partial charge < -0.3 is 4.98 Å². The Kier molecular flexibility index (Phi) is 10.6. The summed E-state index contributed by atoms with van der Waals surface area (Å²) >= 11 is -1.72. The number of benzene rings is 5. The van der Waals surface area contributed by atoms with E-state index in [1.54, 1.807) is 0 Å². The fourth-order valence-corrected chi connectivity index (χ4v) is 8.08. The predicted octanol–water partition coefficient (Wildman–Crippen LogP) is 10.6. The van der Waals surface area contributed by atoms with Gasteiger partial charge in [0.2, 0.25) is 0 Å². The molecule has 0 saturated heterocycles. The molecule has 0 aliphatic carbocycles. The zero-order valence-electron chi connectivity index (χ0n) is 27.5. The van der Waals surface area contributed by atoms with Gasteiger partial charge in [-0.2, -0.15) is 0 Å². The van der Waals surface area contributed by atoms with Gasteiger partial charge in [-0.3, -0.25) is 0 Å². The van der Waals surface area contributed by atoms with Crippen molar-refractivity contribution >= 4 is 50.0 Å². The molecule has 2 heterocycles. The zero-order valence-corrected chi connectivity index (χ0v) is 32.0. The van der Waals surface area contributed by atoms with Crippen LogP contribution in [-0.2, 0) is 26.5 Å². The van der Waals surface area contributed by atoms with Gasteiger partial charge in [-0.15, -0.1) is 23.8 Å². The van der Waals surface area contributed by atoms with Crippen molar-refractivity contribution in [2.45, 2.75) is 44.5 Å². The van der Waals surface area contributed by atoms with Crippen LogP contribution in [0.25, 0.3) is 54.8 Å². The molecule has 2 aromatic heterocycles. The molecule has 0 spiro atoms.